The van der Waals surface area contributed by atoms with Gasteiger partial charge < -0.3 is 10.6 Å². The van der Waals surface area contributed by atoms with Crippen molar-refractivity contribution in [2.75, 3.05) is 11.9 Å². The Bertz CT molecular complexity index is 640. The molecule has 0 spiro atoms. The molecule has 0 saturated heterocycles. The van der Waals surface area contributed by atoms with Crippen LogP contribution in [-0.4, -0.2) is 12.5 Å². The zero-order valence-corrected chi connectivity index (χ0v) is 13.0. The third-order valence-corrected chi connectivity index (χ3v) is 3.45. The van der Waals surface area contributed by atoms with Crippen molar-refractivity contribution in [3.8, 4) is 0 Å². The molecular weight excluding hydrogens is 284 g/mol. The maximum atomic E-state index is 11.9. The first-order chi connectivity index (χ1) is 10.0. The highest BCUT2D eigenvalue weighted by molar-refractivity contribution is 6.30. The number of hydrogen-bond donors (Lipinski definition) is 2. The molecule has 0 saturated carbocycles. The molecule has 1 amide bonds. The van der Waals surface area contributed by atoms with E-state index in [1.165, 1.54) is 5.56 Å². The molecule has 2 N–H and O–H groups in total. The number of anilines is 1. The summed E-state index contributed by atoms with van der Waals surface area (Å²) in [5.74, 6) is -0.0455. The summed E-state index contributed by atoms with van der Waals surface area (Å²) in [5.41, 5.74) is 4.23. The van der Waals surface area contributed by atoms with E-state index in [0.29, 0.717) is 11.6 Å². The van der Waals surface area contributed by atoms with Crippen LogP contribution in [0, 0.1) is 13.8 Å². The van der Waals surface area contributed by atoms with Crippen molar-refractivity contribution in [2.45, 2.75) is 20.4 Å². The summed E-state index contributed by atoms with van der Waals surface area (Å²) in [6.07, 6.45) is 0. The molecular formula is C17H19ClN2O. The lowest BCUT2D eigenvalue weighted by molar-refractivity contribution is -0.119. The van der Waals surface area contributed by atoms with Crippen LogP contribution in [-0.2, 0) is 11.3 Å². The van der Waals surface area contributed by atoms with Gasteiger partial charge in [-0.05, 0) is 37.1 Å². The van der Waals surface area contributed by atoms with Crippen LogP contribution >= 0.6 is 11.6 Å². The fourth-order valence-electron chi connectivity index (χ4n) is 2.05. The zero-order chi connectivity index (χ0) is 15.2. The van der Waals surface area contributed by atoms with E-state index in [-0.39, 0.29) is 12.5 Å². The van der Waals surface area contributed by atoms with Gasteiger partial charge in [0.2, 0.25) is 5.91 Å². The summed E-state index contributed by atoms with van der Waals surface area (Å²) >= 11 is 5.95. The van der Waals surface area contributed by atoms with Crippen molar-refractivity contribution in [2.24, 2.45) is 0 Å². The Balaban J connectivity index is 1.83. The van der Waals surface area contributed by atoms with E-state index in [0.717, 1.165) is 16.8 Å². The Morgan fingerprint density at radius 1 is 1.14 bits per heavy atom. The van der Waals surface area contributed by atoms with Crippen LogP contribution in [0.5, 0.6) is 0 Å². The average Bonchev–Trinajstić information content (AvgIpc) is 2.46. The lowest BCUT2D eigenvalue weighted by Gasteiger charge is -2.10. The van der Waals surface area contributed by atoms with E-state index in [1.54, 1.807) is 0 Å². The van der Waals surface area contributed by atoms with Crippen molar-refractivity contribution in [3.63, 3.8) is 0 Å². The molecule has 110 valence electrons. The van der Waals surface area contributed by atoms with E-state index < -0.39 is 0 Å². The van der Waals surface area contributed by atoms with Gasteiger partial charge in [-0.1, -0.05) is 47.5 Å². The summed E-state index contributed by atoms with van der Waals surface area (Å²) < 4.78 is 0. The molecule has 0 atom stereocenters. The molecule has 0 aliphatic rings. The van der Waals surface area contributed by atoms with Gasteiger partial charge in [0.15, 0.2) is 0 Å². The molecule has 3 nitrogen and oxygen atoms in total. The molecule has 0 aromatic heterocycles. The van der Waals surface area contributed by atoms with Crippen LogP contribution in [0.2, 0.25) is 5.02 Å². The minimum absolute atomic E-state index is 0.0455. The fourth-order valence-corrected chi connectivity index (χ4v) is 2.22. The molecule has 2 aromatic carbocycles. The smallest absolute Gasteiger partial charge is 0.239 e. The molecule has 0 fully saturated rings. The lowest BCUT2D eigenvalue weighted by Crippen LogP contribution is -2.29. The Kier molecular flexibility index (Phi) is 5.23. The van der Waals surface area contributed by atoms with Gasteiger partial charge in [-0.2, -0.15) is 0 Å². The maximum Gasteiger partial charge on any atom is 0.239 e. The SMILES string of the molecule is Cc1cccc(CNC(=O)CNc2cc(Cl)ccc2C)c1. The lowest BCUT2D eigenvalue weighted by atomic mass is 10.1. The largest absolute Gasteiger partial charge is 0.376 e. The minimum atomic E-state index is -0.0455. The van der Waals surface area contributed by atoms with E-state index in [9.17, 15) is 4.79 Å². The number of amides is 1. The van der Waals surface area contributed by atoms with Crippen molar-refractivity contribution in [3.05, 3.63) is 64.2 Å². The van der Waals surface area contributed by atoms with Crippen molar-refractivity contribution in [1.29, 1.82) is 0 Å². The predicted octanol–water partition coefficient (Wildman–Crippen LogP) is 3.69. The van der Waals surface area contributed by atoms with Gasteiger partial charge in [-0.25, -0.2) is 0 Å². The topological polar surface area (TPSA) is 41.1 Å². The van der Waals surface area contributed by atoms with Crippen molar-refractivity contribution >= 4 is 23.2 Å². The van der Waals surface area contributed by atoms with Crippen LogP contribution in [0.3, 0.4) is 0 Å². The second-order valence-corrected chi connectivity index (χ2v) is 5.52. The zero-order valence-electron chi connectivity index (χ0n) is 12.2. The van der Waals surface area contributed by atoms with Gasteiger partial charge in [-0.15, -0.1) is 0 Å². The van der Waals surface area contributed by atoms with E-state index in [2.05, 4.69) is 16.7 Å². The van der Waals surface area contributed by atoms with E-state index in [1.807, 2.05) is 50.2 Å². The monoisotopic (exact) mass is 302 g/mol. The van der Waals surface area contributed by atoms with Crippen LogP contribution in [0.15, 0.2) is 42.5 Å². The summed E-state index contributed by atoms with van der Waals surface area (Å²) in [7, 11) is 0. The molecule has 0 heterocycles. The predicted molar refractivity (Wildman–Crippen MR) is 87.7 cm³/mol. The maximum absolute atomic E-state index is 11.9. The van der Waals surface area contributed by atoms with Gasteiger partial charge >= 0.3 is 0 Å². The number of halogens is 1. The van der Waals surface area contributed by atoms with E-state index in [4.69, 9.17) is 11.6 Å². The van der Waals surface area contributed by atoms with Gasteiger partial charge in [0, 0.05) is 17.3 Å². The second-order valence-electron chi connectivity index (χ2n) is 5.08. The van der Waals surface area contributed by atoms with Crippen LogP contribution in [0.25, 0.3) is 0 Å². The average molecular weight is 303 g/mol. The van der Waals surface area contributed by atoms with Crippen molar-refractivity contribution in [1.82, 2.24) is 5.32 Å². The Morgan fingerprint density at radius 3 is 2.71 bits per heavy atom. The summed E-state index contributed by atoms with van der Waals surface area (Å²) in [6, 6.07) is 13.7. The van der Waals surface area contributed by atoms with Gasteiger partial charge in [0.25, 0.3) is 0 Å². The first-order valence-electron chi connectivity index (χ1n) is 6.87. The molecule has 0 bridgehead atoms. The first kappa shape index (κ1) is 15.4. The first-order valence-corrected chi connectivity index (χ1v) is 7.24. The number of nitrogens with one attached hydrogen (secondary N) is 2. The van der Waals surface area contributed by atoms with Gasteiger partial charge in [0.1, 0.15) is 0 Å². The standard InChI is InChI=1S/C17H19ClN2O/c1-12-4-3-5-14(8-12)10-20-17(21)11-19-16-9-15(18)7-6-13(16)2/h3-9,19H,10-11H2,1-2H3,(H,20,21). The van der Waals surface area contributed by atoms with Crippen LogP contribution in [0.1, 0.15) is 16.7 Å². The second kappa shape index (κ2) is 7.14. The quantitative estimate of drug-likeness (QED) is 0.884. The molecule has 21 heavy (non-hydrogen) atoms. The van der Waals surface area contributed by atoms with Gasteiger partial charge in [0.05, 0.1) is 6.54 Å². The Hall–Kier alpha value is -2.00. The van der Waals surface area contributed by atoms with Crippen LogP contribution in [0.4, 0.5) is 5.69 Å². The highest BCUT2D eigenvalue weighted by Gasteiger charge is 2.04. The summed E-state index contributed by atoms with van der Waals surface area (Å²) in [4.78, 5) is 11.9. The number of carbonyl (C=O) groups is 1. The summed E-state index contributed by atoms with van der Waals surface area (Å²) in [6.45, 7) is 4.78. The summed E-state index contributed by atoms with van der Waals surface area (Å²) in [5, 5.41) is 6.66. The minimum Gasteiger partial charge on any atom is -0.376 e. The molecule has 2 aromatic rings. The van der Waals surface area contributed by atoms with Crippen molar-refractivity contribution < 1.29 is 4.79 Å². The molecule has 4 heteroatoms. The fraction of sp³-hybridized carbons (Fsp3) is 0.235. The third-order valence-electron chi connectivity index (χ3n) is 3.21. The number of aryl methyl sites for hydroxylation is 2. The number of carbonyl (C=O) groups excluding carboxylic acids is 1. The Labute approximate surface area is 130 Å². The number of rotatable bonds is 5. The van der Waals surface area contributed by atoms with E-state index >= 15 is 0 Å². The molecule has 2 rings (SSSR count). The van der Waals surface area contributed by atoms with Gasteiger partial charge in [-0.3, -0.25) is 4.79 Å². The Morgan fingerprint density at radius 2 is 1.95 bits per heavy atom. The highest BCUT2D eigenvalue weighted by atomic mass is 35.5. The molecule has 0 aliphatic carbocycles. The third kappa shape index (κ3) is 4.80. The number of benzene rings is 2. The normalized spacial score (nSPS) is 10.2. The molecule has 0 unspecified atom stereocenters. The molecule has 0 aliphatic heterocycles. The molecule has 0 radical (unpaired) electrons. The number of hydrogen-bond acceptors (Lipinski definition) is 2. The highest BCUT2D eigenvalue weighted by Crippen LogP contribution is 2.19. The van der Waals surface area contributed by atoms with Crippen LogP contribution < -0.4 is 10.6 Å².